The summed E-state index contributed by atoms with van der Waals surface area (Å²) in [6.07, 6.45) is 0. The third kappa shape index (κ3) is 4.79. The van der Waals surface area contributed by atoms with Gasteiger partial charge in [-0.05, 0) is 31.2 Å². The zero-order valence-electron chi connectivity index (χ0n) is 15.3. The molecule has 3 aromatic rings. The Labute approximate surface area is 158 Å². The Morgan fingerprint density at radius 2 is 1.85 bits per heavy atom. The molecule has 0 fully saturated rings. The van der Waals surface area contributed by atoms with Crippen LogP contribution >= 0.6 is 11.8 Å². The summed E-state index contributed by atoms with van der Waals surface area (Å²) in [5.74, 6) is 2.77. The molecular formula is C20H25N5S. The lowest BCUT2D eigenvalue weighted by Crippen LogP contribution is -2.38. The average Bonchev–Trinajstić information content (AvgIpc) is 3.00. The fourth-order valence-corrected chi connectivity index (χ4v) is 3.47. The van der Waals surface area contributed by atoms with E-state index in [0.717, 1.165) is 41.7 Å². The first-order valence-corrected chi connectivity index (χ1v) is 9.87. The minimum Gasteiger partial charge on any atom is -0.357 e. The third-order valence-electron chi connectivity index (χ3n) is 4.01. The number of thioether (sulfide) groups is 1. The molecule has 1 heterocycles. The van der Waals surface area contributed by atoms with E-state index in [-0.39, 0.29) is 0 Å². The second kappa shape index (κ2) is 9.29. The number of nitrogens with one attached hydrogen (secondary N) is 2. The van der Waals surface area contributed by atoms with Crippen LogP contribution in [0.3, 0.4) is 0 Å². The van der Waals surface area contributed by atoms with Gasteiger partial charge in [0, 0.05) is 30.8 Å². The van der Waals surface area contributed by atoms with Gasteiger partial charge in [-0.3, -0.25) is 0 Å². The summed E-state index contributed by atoms with van der Waals surface area (Å²) in [6, 6.07) is 18.6. The van der Waals surface area contributed by atoms with Crippen molar-refractivity contribution in [2.75, 3.05) is 18.8 Å². The SMILES string of the molecule is CCNC(=NCc1nc2ccccc2n1C)NCCSc1ccccc1. The van der Waals surface area contributed by atoms with Crippen LogP contribution in [-0.4, -0.2) is 34.4 Å². The van der Waals surface area contributed by atoms with E-state index >= 15 is 0 Å². The highest BCUT2D eigenvalue weighted by Gasteiger charge is 2.06. The monoisotopic (exact) mass is 367 g/mol. The minimum absolute atomic E-state index is 0.548. The molecule has 0 atom stereocenters. The van der Waals surface area contributed by atoms with E-state index < -0.39 is 0 Å². The predicted molar refractivity (Wildman–Crippen MR) is 111 cm³/mol. The number of para-hydroxylation sites is 2. The Bertz CT molecular complexity index is 857. The number of guanidine groups is 1. The number of hydrogen-bond acceptors (Lipinski definition) is 3. The van der Waals surface area contributed by atoms with E-state index in [1.165, 1.54) is 4.90 Å². The first kappa shape index (κ1) is 18.3. The fraction of sp³-hybridized carbons (Fsp3) is 0.300. The second-order valence-electron chi connectivity index (χ2n) is 5.86. The van der Waals surface area contributed by atoms with Gasteiger partial charge in [0.2, 0.25) is 0 Å². The maximum atomic E-state index is 4.69. The van der Waals surface area contributed by atoms with Crippen molar-refractivity contribution in [1.29, 1.82) is 0 Å². The summed E-state index contributed by atoms with van der Waals surface area (Å²) in [7, 11) is 2.04. The Hall–Kier alpha value is -2.47. The predicted octanol–water partition coefficient (Wildman–Crippen LogP) is 3.42. The molecular weight excluding hydrogens is 342 g/mol. The molecule has 2 N–H and O–H groups in total. The average molecular weight is 368 g/mol. The van der Waals surface area contributed by atoms with E-state index in [4.69, 9.17) is 0 Å². The molecule has 0 unspecified atom stereocenters. The summed E-state index contributed by atoms with van der Waals surface area (Å²) in [5, 5.41) is 6.69. The molecule has 0 bridgehead atoms. The molecule has 1 aromatic heterocycles. The number of rotatable bonds is 7. The molecule has 0 saturated carbocycles. The van der Waals surface area contributed by atoms with Crippen molar-refractivity contribution in [2.45, 2.75) is 18.4 Å². The molecule has 136 valence electrons. The highest BCUT2D eigenvalue weighted by atomic mass is 32.2. The number of aliphatic imine (C=N–C) groups is 1. The lowest BCUT2D eigenvalue weighted by Gasteiger charge is -2.11. The van der Waals surface area contributed by atoms with Gasteiger partial charge in [0.1, 0.15) is 12.4 Å². The zero-order valence-corrected chi connectivity index (χ0v) is 16.1. The highest BCUT2D eigenvalue weighted by molar-refractivity contribution is 7.99. The van der Waals surface area contributed by atoms with Crippen LogP contribution in [0.4, 0.5) is 0 Å². The van der Waals surface area contributed by atoms with Crippen molar-refractivity contribution in [3.05, 3.63) is 60.4 Å². The number of fused-ring (bicyclic) bond motifs is 1. The van der Waals surface area contributed by atoms with Gasteiger partial charge in [0.15, 0.2) is 5.96 Å². The maximum absolute atomic E-state index is 4.69. The Balaban J connectivity index is 1.57. The van der Waals surface area contributed by atoms with Crippen LogP contribution in [0.1, 0.15) is 12.7 Å². The van der Waals surface area contributed by atoms with Crippen LogP contribution in [0.25, 0.3) is 11.0 Å². The van der Waals surface area contributed by atoms with Gasteiger partial charge in [-0.1, -0.05) is 30.3 Å². The van der Waals surface area contributed by atoms with Crippen LogP contribution in [0, 0.1) is 0 Å². The lowest BCUT2D eigenvalue weighted by atomic mass is 10.3. The summed E-state index contributed by atoms with van der Waals surface area (Å²) in [6.45, 7) is 4.31. The topological polar surface area (TPSA) is 54.2 Å². The van der Waals surface area contributed by atoms with Gasteiger partial charge in [-0.15, -0.1) is 11.8 Å². The lowest BCUT2D eigenvalue weighted by molar-refractivity contribution is 0.788. The molecule has 0 aliphatic carbocycles. The van der Waals surface area contributed by atoms with Gasteiger partial charge in [-0.2, -0.15) is 0 Å². The molecule has 3 rings (SSSR count). The molecule has 0 aliphatic heterocycles. The first-order valence-electron chi connectivity index (χ1n) is 8.88. The smallest absolute Gasteiger partial charge is 0.191 e. The van der Waals surface area contributed by atoms with Gasteiger partial charge in [0.25, 0.3) is 0 Å². The van der Waals surface area contributed by atoms with Crippen LogP contribution in [0.2, 0.25) is 0 Å². The molecule has 5 nitrogen and oxygen atoms in total. The summed E-state index contributed by atoms with van der Waals surface area (Å²) in [4.78, 5) is 10.7. The van der Waals surface area contributed by atoms with E-state index in [1.807, 2.05) is 43.1 Å². The van der Waals surface area contributed by atoms with E-state index in [0.29, 0.717) is 6.54 Å². The van der Waals surface area contributed by atoms with Crippen molar-refractivity contribution in [1.82, 2.24) is 20.2 Å². The Morgan fingerprint density at radius 1 is 1.08 bits per heavy atom. The van der Waals surface area contributed by atoms with Gasteiger partial charge in [0.05, 0.1) is 11.0 Å². The second-order valence-corrected chi connectivity index (χ2v) is 7.03. The molecule has 0 radical (unpaired) electrons. The normalized spacial score (nSPS) is 11.7. The molecule has 0 saturated heterocycles. The summed E-state index contributed by atoms with van der Waals surface area (Å²) in [5.41, 5.74) is 2.15. The molecule has 6 heteroatoms. The third-order valence-corrected chi connectivity index (χ3v) is 5.02. The van der Waals surface area contributed by atoms with Crippen LogP contribution < -0.4 is 10.6 Å². The van der Waals surface area contributed by atoms with Crippen LogP contribution in [0.15, 0.2) is 64.5 Å². The largest absolute Gasteiger partial charge is 0.357 e. The fourth-order valence-electron chi connectivity index (χ4n) is 2.68. The molecule has 0 spiro atoms. The number of imidazole rings is 1. The van der Waals surface area contributed by atoms with Crippen molar-refractivity contribution in [3.8, 4) is 0 Å². The molecule has 26 heavy (non-hydrogen) atoms. The Morgan fingerprint density at radius 3 is 2.62 bits per heavy atom. The number of aryl methyl sites for hydroxylation is 1. The van der Waals surface area contributed by atoms with Crippen LogP contribution in [-0.2, 0) is 13.6 Å². The minimum atomic E-state index is 0.548. The van der Waals surface area contributed by atoms with Gasteiger partial charge in [-0.25, -0.2) is 9.98 Å². The molecule has 2 aromatic carbocycles. The summed E-state index contributed by atoms with van der Waals surface area (Å²) >= 11 is 1.84. The number of benzene rings is 2. The summed E-state index contributed by atoms with van der Waals surface area (Å²) < 4.78 is 2.10. The molecule has 0 aliphatic rings. The zero-order chi connectivity index (χ0) is 18.2. The first-order chi connectivity index (χ1) is 12.8. The quantitative estimate of drug-likeness (QED) is 0.291. The van der Waals surface area contributed by atoms with Crippen molar-refractivity contribution in [2.24, 2.45) is 12.0 Å². The van der Waals surface area contributed by atoms with E-state index in [2.05, 4.69) is 62.4 Å². The van der Waals surface area contributed by atoms with Gasteiger partial charge < -0.3 is 15.2 Å². The number of nitrogens with zero attached hydrogens (tertiary/aromatic N) is 3. The van der Waals surface area contributed by atoms with E-state index in [1.54, 1.807) is 0 Å². The molecule has 0 amide bonds. The van der Waals surface area contributed by atoms with Crippen molar-refractivity contribution >= 4 is 28.8 Å². The Kier molecular flexibility index (Phi) is 6.55. The van der Waals surface area contributed by atoms with Crippen molar-refractivity contribution < 1.29 is 0 Å². The van der Waals surface area contributed by atoms with Crippen molar-refractivity contribution in [3.63, 3.8) is 0 Å². The van der Waals surface area contributed by atoms with Gasteiger partial charge >= 0.3 is 0 Å². The standard InChI is InChI=1S/C20H25N5S/c1-3-21-20(22-13-14-26-16-9-5-4-6-10-16)23-15-19-24-17-11-7-8-12-18(17)25(19)2/h4-12H,3,13-15H2,1-2H3,(H2,21,22,23). The highest BCUT2D eigenvalue weighted by Crippen LogP contribution is 2.16. The van der Waals surface area contributed by atoms with E-state index in [9.17, 15) is 0 Å². The maximum Gasteiger partial charge on any atom is 0.191 e. The number of aromatic nitrogens is 2. The van der Waals surface area contributed by atoms with Crippen LogP contribution in [0.5, 0.6) is 0 Å². The number of hydrogen-bond donors (Lipinski definition) is 2.